The van der Waals surface area contributed by atoms with Crippen molar-refractivity contribution in [2.24, 2.45) is 11.3 Å². The molecule has 1 aromatic carbocycles. The Morgan fingerprint density at radius 2 is 1.60 bits per heavy atom. The molecule has 2 bridgehead atoms. The molecule has 0 aliphatic heterocycles. The Morgan fingerprint density at radius 3 is 2.10 bits per heavy atom. The fraction of sp³-hybridized carbons (Fsp3) is 0.611. The van der Waals surface area contributed by atoms with Crippen LogP contribution in [0.25, 0.3) is 0 Å². The summed E-state index contributed by atoms with van der Waals surface area (Å²) < 4.78 is 4.98. The van der Waals surface area contributed by atoms with E-state index in [1.54, 1.807) is 0 Å². The van der Waals surface area contributed by atoms with Gasteiger partial charge in [-0.2, -0.15) is 0 Å². The van der Waals surface area contributed by atoms with E-state index in [0.29, 0.717) is 5.41 Å². The Kier molecular flexibility index (Phi) is 3.35. The zero-order valence-corrected chi connectivity index (χ0v) is 12.5. The van der Waals surface area contributed by atoms with Crippen molar-refractivity contribution in [2.45, 2.75) is 50.9 Å². The SMILES string of the molecule is COC(=O)[C@H](C)C12CCC(c3ccccc3)(CC1)CC2. The molecule has 0 radical (unpaired) electrons. The molecule has 20 heavy (non-hydrogen) atoms. The summed E-state index contributed by atoms with van der Waals surface area (Å²) in [6.45, 7) is 2.06. The van der Waals surface area contributed by atoms with Gasteiger partial charge in [0.1, 0.15) is 0 Å². The van der Waals surface area contributed by atoms with Gasteiger partial charge in [-0.3, -0.25) is 4.79 Å². The molecular formula is C18H24O2. The highest BCUT2D eigenvalue weighted by Gasteiger charge is 2.53. The zero-order chi connectivity index (χ0) is 14.2. The van der Waals surface area contributed by atoms with Crippen molar-refractivity contribution in [3.05, 3.63) is 35.9 Å². The Hall–Kier alpha value is -1.31. The van der Waals surface area contributed by atoms with Gasteiger partial charge in [-0.1, -0.05) is 37.3 Å². The number of ether oxygens (including phenoxy) is 1. The molecule has 0 spiro atoms. The van der Waals surface area contributed by atoms with Gasteiger partial charge in [0.2, 0.25) is 0 Å². The molecule has 3 fully saturated rings. The van der Waals surface area contributed by atoms with Crippen molar-refractivity contribution < 1.29 is 9.53 Å². The van der Waals surface area contributed by atoms with E-state index < -0.39 is 0 Å². The number of hydrogen-bond donors (Lipinski definition) is 0. The van der Waals surface area contributed by atoms with E-state index in [1.807, 2.05) is 0 Å². The smallest absolute Gasteiger partial charge is 0.308 e. The number of fused-ring (bicyclic) bond motifs is 3. The lowest BCUT2D eigenvalue weighted by atomic mass is 9.49. The van der Waals surface area contributed by atoms with E-state index in [0.717, 1.165) is 19.3 Å². The normalized spacial score (nSPS) is 33.7. The molecule has 0 amide bonds. The lowest BCUT2D eigenvalue weighted by molar-refractivity contribution is -0.153. The summed E-state index contributed by atoms with van der Waals surface area (Å²) in [6, 6.07) is 11.0. The van der Waals surface area contributed by atoms with Crippen molar-refractivity contribution in [1.29, 1.82) is 0 Å². The third-order valence-corrected chi connectivity index (χ3v) is 6.16. The van der Waals surface area contributed by atoms with Gasteiger partial charge in [0.15, 0.2) is 0 Å². The van der Waals surface area contributed by atoms with E-state index in [1.165, 1.54) is 31.9 Å². The van der Waals surface area contributed by atoms with Crippen LogP contribution in [0.2, 0.25) is 0 Å². The van der Waals surface area contributed by atoms with Crippen LogP contribution in [0.1, 0.15) is 51.0 Å². The molecule has 108 valence electrons. The number of hydrogen-bond acceptors (Lipinski definition) is 2. The minimum atomic E-state index is -0.0286. The number of methoxy groups -OCH3 is 1. The van der Waals surface area contributed by atoms with Crippen LogP contribution >= 0.6 is 0 Å². The highest BCUT2D eigenvalue weighted by Crippen LogP contribution is 2.60. The zero-order valence-electron chi connectivity index (χ0n) is 12.5. The Labute approximate surface area is 121 Å². The molecule has 1 atom stereocenters. The fourth-order valence-corrected chi connectivity index (χ4v) is 4.52. The summed E-state index contributed by atoms with van der Waals surface area (Å²) in [5.41, 5.74) is 2.07. The molecule has 0 N–H and O–H groups in total. The molecule has 1 aromatic rings. The monoisotopic (exact) mass is 272 g/mol. The van der Waals surface area contributed by atoms with Crippen molar-refractivity contribution in [2.75, 3.05) is 7.11 Å². The lowest BCUT2D eigenvalue weighted by Gasteiger charge is -2.55. The highest BCUT2D eigenvalue weighted by molar-refractivity contribution is 5.73. The number of rotatable bonds is 3. The van der Waals surface area contributed by atoms with Crippen LogP contribution in [0.15, 0.2) is 30.3 Å². The van der Waals surface area contributed by atoms with Gasteiger partial charge in [0.25, 0.3) is 0 Å². The van der Waals surface area contributed by atoms with Crippen LogP contribution in [0.3, 0.4) is 0 Å². The molecule has 3 aliphatic rings. The fourth-order valence-electron chi connectivity index (χ4n) is 4.52. The number of carbonyl (C=O) groups is 1. The molecule has 0 saturated heterocycles. The van der Waals surface area contributed by atoms with Crippen molar-refractivity contribution >= 4 is 5.97 Å². The van der Waals surface area contributed by atoms with Gasteiger partial charge in [0.05, 0.1) is 13.0 Å². The first kappa shape index (κ1) is 13.7. The first-order chi connectivity index (χ1) is 9.62. The van der Waals surface area contributed by atoms with Gasteiger partial charge in [-0.15, -0.1) is 0 Å². The maximum absolute atomic E-state index is 11.9. The van der Waals surface area contributed by atoms with Gasteiger partial charge < -0.3 is 4.74 Å². The Balaban J connectivity index is 1.80. The van der Waals surface area contributed by atoms with Crippen molar-refractivity contribution in [3.63, 3.8) is 0 Å². The topological polar surface area (TPSA) is 26.3 Å². The Morgan fingerprint density at radius 1 is 1.05 bits per heavy atom. The minimum Gasteiger partial charge on any atom is -0.469 e. The standard InChI is InChI=1S/C18H24O2/c1-14(16(19)20-2)17-8-11-18(12-9-17,13-10-17)15-6-4-3-5-7-15/h3-7,14H,8-13H2,1-2H3/t14-,17?,18?/m0/s1. The van der Waals surface area contributed by atoms with Gasteiger partial charge >= 0.3 is 5.97 Å². The molecule has 2 nitrogen and oxygen atoms in total. The average Bonchev–Trinajstić information content (AvgIpc) is 2.56. The van der Waals surface area contributed by atoms with Gasteiger partial charge in [0, 0.05) is 0 Å². The van der Waals surface area contributed by atoms with Crippen molar-refractivity contribution in [3.8, 4) is 0 Å². The van der Waals surface area contributed by atoms with Crippen LogP contribution in [-0.4, -0.2) is 13.1 Å². The van der Waals surface area contributed by atoms with Crippen LogP contribution in [0.5, 0.6) is 0 Å². The van der Waals surface area contributed by atoms with Crippen molar-refractivity contribution in [1.82, 2.24) is 0 Å². The summed E-state index contributed by atoms with van der Waals surface area (Å²) in [7, 11) is 1.51. The Bertz CT molecular complexity index is 467. The summed E-state index contributed by atoms with van der Waals surface area (Å²) in [5.74, 6) is 0.0145. The second-order valence-corrected chi connectivity index (χ2v) is 6.75. The first-order valence-electron chi connectivity index (χ1n) is 7.75. The van der Waals surface area contributed by atoms with Crippen LogP contribution < -0.4 is 0 Å². The second-order valence-electron chi connectivity index (χ2n) is 6.75. The van der Waals surface area contributed by atoms with E-state index in [-0.39, 0.29) is 17.3 Å². The lowest BCUT2D eigenvalue weighted by Crippen LogP contribution is -2.48. The average molecular weight is 272 g/mol. The molecular weight excluding hydrogens is 248 g/mol. The van der Waals surface area contributed by atoms with Gasteiger partial charge in [-0.25, -0.2) is 0 Å². The third-order valence-electron chi connectivity index (χ3n) is 6.16. The number of benzene rings is 1. The minimum absolute atomic E-state index is 0.0286. The summed E-state index contributed by atoms with van der Waals surface area (Å²) in [5, 5.41) is 0. The summed E-state index contributed by atoms with van der Waals surface area (Å²) in [4.78, 5) is 11.9. The highest BCUT2D eigenvalue weighted by atomic mass is 16.5. The maximum Gasteiger partial charge on any atom is 0.308 e. The quantitative estimate of drug-likeness (QED) is 0.775. The number of carbonyl (C=O) groups excluding carboxylic acids is 1. The van der Waals surface area contributed by atoms with E-state index >= 15 is 0 Å². The predicted octanol–water partition coefficient (Wildman–Crippen LogP) is 4.09. The predicted molar refractivity (Wildman–Crippen MR) is 79.4 cm³/mol. The molecule has 4 rings (SSSR count). The summed E-state index contributed by atoms with van der Waals surface area (Å²) >= 11 is 0. The molecule has 0 heterocycles. The largest absolute Gasteiger partial charge is 0.469 e. The first-order valence-corrected chi connectivity index (χ1v) is 7.75. The second kappa shape index (κ2) is 4.91. The van der Waals surface area contributed by atoms with Crippen LogP contribution in [-0.2, 0) is 14.9 Å². The van der Waals surface area contributed by atoms with E-state index in [2.05, 4.69) is 37.3 Å². The molecule has 3 saturated carbocycles. The van der Waals surface area contributed by atoms with Gasteiger partial charge in [-0.05, 0) is 54.9 Å². The number of esters is 1. The molecule has 2 heteroatoms. The molecule has 3 aliphatic carbocycles. The summed E-state index contributed by atoms with van der Waals surface area (Å²) in [6.07, 6.45) is 7.16. The van der Waals surface area contributed by atoms with E-state index in [9.17, 15) is 4.79 Å². The molecule has 0 unspecified atom stereocenters. The van der Waals surface area contributed by atoms with E-state index in [4.69, 9.17) is 4.74 Å². The molecule has 0 aromatic heterocycles. The third kappa shape index (κ3) is 1.97. The maximum atomic E-state index is 11.9. The van der Waals surface area contributed by atoms with Crippen LogP contribution in [0, 0.1) is 11.3 Å². The van der Waals surface area contributed by atoms with Crippen LogP contribution in [0.4, 0.5) is 0 Å².